The third-order valence-electron chi connectivity index (χ3n) is 5.11. The third kappa shape index (κ3) is 7.13. The Hall–Kier alpha value is -3.33. The SMILES string of the molecule is C=CCON(C1CN(C(=O)OC(C)(C)C)C(COC)C=C1C(=O)NC)S(=O)(=O)c1ccccc1[N+](=O)[O-]. The van der Waals surface area contributed by atoms with Gasteiger partial charge in [0, 0.05) is 32.3 Å². The van der Waals surface area contributed by atoms with Crippen molar-refractivity contribution in [1.82, 2.24) is 14.7 Å². The maximum Gasteiger partial charge on any atom is 0.410 e. The van der Waals surface area contributed by atoms with Gasteiger partial charge in [-0.05, 0) is 32.9 Å². The molecule has 0 bridgehead atoms. The maximum atomic E-state index is 13.8. The maximum absolute atomic E-state index is 13.8. The van der Waals surface area contributed by atoms with Crippen LogP contribution in [-0.4, -0.2) is 86.3 Å². The first kappa shape index (κ1) is 29.9. The zero-order chi connectivity index (χ0) is 28.0. The summed E-state index contributed by atoms with van der Waals surface area (Å²) in [6, 6.07) is 2.56. The summed E-state index contributed by atoms with van der Waals surface area (Å²) in [6.45, 7) is 7.82. The van der Waals surface area contributed by atoms with E-state index in [9.17, 15) is 28.1 Å². The van der Waals surface area contributed by atoms with Crippen LogP contribution in [0.3, 0.4) is 0 Å². The standard InChI is InChI=1S/C23H32N4O9S/c1-7-12-35-27(37(32,33)20-11-9-8-10-18(20)26(30)31)19-14-25(22(29)36-23(2,3)4)16(15-34-6)13-17(19)21(28)24-5/h7-11,13,16,19H,1,12,14-15H2,2-6H3,(H,24,28). The van der Waals surface area contributed by atoms with E-state index < -0.39 is 55.2 Å². The number of carbonyl (C=O) groups excluding carboxylic acids is 2. The van der Waals surface area contributed by atoms with Gasteiger partial charge in [-0.2, -0.15) is 0 Å². The Labute approximate surface area is 215 Å². The molecule has 204 valence electrons. The summed E-state index contributed by atoms with van der Waals surface area (Å²) in [5.41, 5.74) is -1.60. The number of rotatable bonds is 10. The highest BCUT2D eigenvalue weighted by atomic mass is 32.2. The number of amides is 2. The summed E-state index contributed by atoms with van der Waals surface area (Å²) in [5.74, 6) is -0.639. The van der Waals surface area contributed by atoms with Crippen molar-refractivity contribution >= 4 is 27.7 Å². The molecule has 1 aliphatic rings. The zero-order valence-corrected chi connectivity index (χ0v) is 22.2. The number of hydrogen-bond acceptors (Lipinski definition) is 9. The summed E-state index contributed by atoms with van der Waals surface area (Å²) >= 11 is 0. The minimum absolute atomic E-state index is 0.0170. The average molecular weight is 541 g/mol. The molecule has 1 heterocycles. The molecule has 0 saturated heterocycles. The number of nitrogens with zero attached hydrogens (tertiary/aromatic N) is 3. The molecule has 2 rings (SSSR count). The summed E-state index contributed by atoms with van der Waals surface area (Å²) in [5, 5.41) is 14.0. The molecule has 13 nitrogen and oxygen atoms in total. The molecule has 1 N–H and O–H groups in total. The van der Waals surface area contributed by atoms with Gasteiger partial charge in [-0.3, -0.25) is 24.6 Å². The molecule has 0 aromatic heterocycles. The van der Waals surface area contributed by atoms with E-state index >= 15 is 0 Å². The Morgan fingerprint density at radius 3 is 2.51 bits per heavy atom. The van der Waals surface area contributed by atoms with E-state index in [2.05, 4.69) is 11.9 Å². The van der Waals surface area contributed by atoms with Crippen molar-refractivity contribution in [3.8, 4) is 0 Å². The van der Waals surface area contributed by atoms with Gasteiger partial charge in [-0.15, -0.1) is 6.58 Å². The van der Waals surface area contributed by atoms with E-state index in [1.807, 2.05) is 0 Å². The number of methoxy groups -OCH3 is 1. The largest absolute Gasteiger partial charge is 0.444 e. The van der Waals surface area contributed by atoms with Gasteiger partial charge in [0.25, 0.3) is 15.7 Å². The first-order valence-electron chi connectivity index (χ1n) is 11.2. The highest BCUT2D eigenvalue weighted by molar-refractivity contribution is 7.89. The van der Waals surface area contributed by atoms with Crippen LogP contribution < -0.4 is 5.32 Å². The molecule has 1 aromatic rings. The fraction of sp³-hybridized carbons (Fsp3) is 0.478. The number of nitro benzene ring substituents is 1. The Balaban J connectivity index is 2.73. The molecular weight excluding hydrogens is 508 g/mol. The number of benzene rings is 1. The van der Waals surface area contributed by atoms with Crippen molar-refractivity contribution in [2.75, 3.05) is 33.9 Å². The van der Waals surface area contributed by atoms with E-state index in [-0.39, 0.29) is 25.3 Å². The lowest BCUT2D eigenvalue weighted by molar-refractivity contribution is -0.388. The fourth-order valence-electron chi connectivity index (χ4n) is 3.60. The highest BCUT2D eigenvalue weighted by Gasteiger charge is 2.45. The van der Waals surface area contributed by atoms with Crippen LogP contribution in [0.4, 0.5) is 10.5 Å². The van der Waals surface area contributed by atoms with Crippen molar-refractivity contribution in [1.29, 1.82) is 0 Å². The molecule has 37 heavy (non-hydrogen) atoms. The first-order chi connectivity index (χ1) is 17.3. The van der Waals surface area contributed by atoms with Crippen LogP contribution in [0.15, 0.2) is 53.5 Å². The van der Waals surface area contributed by atoms with Crippen LogP contribution in [0.1, 0.15) is 20.8 Å². The third-order valence-corrected chi connectivity index (χ3v) is 6.84. The summed E-state index contributed by atoms with van der Waals surface area (Å²) in [6.07, 6.45) is 1.88. The van der Waals surface area contributed by atoms with E-state index in [0.29, 0.717) is 4.47 Å². The number of para-hydroxylation sites is 1. The number of sulfonamides is 1. The number of likely N-dealkylation sites (N-methyl/N-ethyl adjacent to an activating group) is 1. The Morgan fingerprint density at radius 2 is 1.97 bits per heavy atom. The van der Waals surface area contributed by atoms with Crippen molar-refractivity contribution < 1.29 is 37.2 Å². The van der Waals surface area contributed by atoms with Gasteiger partial charge in [-0.25, -0.2) is 13.2 Å². The summed E-state index contributed by atoms with van der Waals surface area (Å²) < 4.78 is 38.8. The van der Waals surface area contributed by atoms with Gasteiger partial charge >= 0.3 is 6.09 Å². The molecule has 0 saturated carbocycles. The van der Waals surface area contributed by atoms with Crippen LogP contribution in [0.25, 0.3) is 0 Å². The molecular formula is C23H32N4O9S. The number of nitrogens with one attached hydrogen (secondary N) is 1. The molecule has 1 aliphatic heterocycles. The van der Waals surface area contributed by atoms with E-state index in [4.69, 9.17) is 14.3 Å². The van der Waals surface area contributed by atoms with Gasteiger partial charge < -0.3 is 14.8 Å². The number of ether oxygens (including phenoxy) is 2. The van der Waals surface area contributed by atoms with Gasteiger partial charge in [0.05, 0.1) is 30.2 Å². The number of nitro groups is 1. The molecule has 2 amide bonds. The normalized spacial score (nSPS) is 18.2. The molecule has 14 heteroatoms. The molecule has 0 spiro atoms. The molecule has 1 aromatic carbocycles. The molecule has 0 aliphatic carbocycles. The monoisotopic (exact) mass is 540 g/mol. The Bertz CT molecular complexity index is 1160. The second kappa shape index (κ2) is 12.3. The highest BCUT2D eigenvalue weighted by Crippen LogP contribution is 2.32. The van der Waals surface area contributed by atoms with Gasteiger partial charge in [0.15, 0.2) is 4.90 Å². The van der Waals surface area contributed by atoms with Crippen molar-refractivity contribution in [3.63, 3.8) is 0 Å². The van der Waals surface area contributed by atoms with Crippen LogP contribution in [0, 0.1) is 10.1 Å². The van der Waals surface area contributed by atoms with E-state index in [1.54, 1.807) is 20.8 Å². The molecule has 2 unspecified atom stereocenters. The predicted octanol–water partition coefficient (Wildman–Crippen LogP) is 2.01. The summed E-state index contributed by atoms with van der Waals surface area (Å²) in [7, 11) is -1.98. The van der Waals surface area contributed by atoms with E-state index in [0.717, 1.165) is 12.1 Å². The fourth-order valence-corrected chi connectivity index (χ4v) is 5.16. The molecule has 0 fully saturated rings. The minimum atomic E-state index is -4.75. The lowest BCUT2D eigenvalue weighted by atomic mass is 9.97. The van der Waals surface area contributed by atoms with Crippen molar-refractivity contribution in [2.24, 2.45) is 0 Å². The van der Waals surface area contributed by atoms with Crippen molar-refractivity contribution in [2.45, 2.75) is 43.4 Å². The Morgan fingerprint density at radius 1 is 1.32 bits per heavy atom. The summed E-state index contributed by atoms with van der Waals surface area (Å²) in [4.78, 5) is 42.8. The first-order valence-corrected chi connectivity index (χ1v) is 12.7. The predicted molar refractivity (Wildman–Crippen MR) is 133 cm³/mol. The number of hydroxylamine groups is 1. The second-order valence-corrected chi connectivity index (χ2v) is 10.7. The van der Waals surface area contributed by atoms with Gasteiger partial charge in [-0.1, -0.05) is 22.7 Å². The van der Waals surface area contributed by atoms with Crippen LogP contribution in [0.2, 0.25) is 0 Å². The topological polar surface area (TPSA) is 158 Å². The zero-order valence-electron chi connectivity index (χ0n) is 21.4. The lowest BCUT2D eigenvalue weighted by Gasteiger charge is -2.41. The minimum Gasteiger partial charge on any atom is -0.444 e. The van der Waals surface area contributed by atoms with Crippen LogP contribution in [-0.2, 0) is 29.1 Å². The van der Waals surface area contributed by atoms with Gasteiger partial charge in [0.2, 0.25) is 5.91 Å². The number of carbonyl (C=O) groups is 2. The molecule has 2 atom stereocenters. The van der Waals surface area contributed by atoms with Crippen molar-refractivity contribution in [3.05, 3.63) is 58.7 Å². The Kier molecular flexibility index (Phi) is 9.92. The van der Waals surface area contributed by atoms with Gasteiger partial charge in [0.1, 0.15) is 5.60 Å². The smallest absolute Gasteiger partial charge is 0.410 e. The second-order valence-electron chi connectivity index (χ2n) is 8.94. The quantitative estimate of drug-likeness (QED) is 0.266. The average Bonchev–Trinajstić information content (AvgIpc) is 2.83. The van der Waals surface area contributed by atoms with Crippen LogP contribution >= 0.6 is 0 Å². The lowest BCUT2D eigenvalue weighted by Crippen LogP contribution is -2.58. The van der Waals surface area contributed by atoms with E-state index in [1.165, 1.54) is 43.3 Å². The molecule has 0 radical (unpaired) electrons. The number of hydrogen-bond donors (Lipinski definition) is 1. The van der Waals surface area contributed by atoms with Crippen LogP contribution in [0.5, 0.6) is 0 Å².